The summed E-state index contributed by atoms with van der Waals surface area (Å²) in [5.74, 6) is 1.23. The highest BCUT2D eigenvalue weighted by molar-refractivity contribution is 5.63. The van der Waals surface area contributed by atoms with Crippen molar-refractivity contribution in [3.8, 4) is 17.6 Å². The Morgan fingerprint density at radius 2 is 1.88 bits per heavy atom. The van der Waals surface area contributed by atoms with Gasteiger partial charge in [0.15, 0.2) is 0 Å². The molecule has 1 atom stereocenters. The molecule has 0 fully saturated rings. The molecule has 0 aromatic heterocycles. The van der Waals surface area contributed by atoms with Gasteiger partial charge in [-0.25, -0.2) is 0 Å². The molecule has 1 aliphatic rings. The lowest BCUT2D eigenvalue weighted by molar-refractivity contribution is 0.387. The number of nitriles is 1. The van der Waals surface area contributed by atoms with Gasteiger partial charge in [-0.15, -0.1) is 0 Å². The molecule has 2 aromatic rings. The molecule has 5 heteroatoms. The third-order valence-electron chi connectivity index (χ3n) is 4.78. The van der Waals surface area contributed by atoms with Crippen molar-refractivity contribution < 1.29 is 9.47 Å². The van der Waals surface area contributed by atoms with Crippen molar-refractivity contribution in [3.05, 3.63) is 65.0 Å². The lowest BCUT2D eigenvalue weighted by Crippen LogP contribution is -2.24. The molecule has 26 heavy (non-hydrogen) atoms. The van der Waals surface area contributed by atoms with E-state index in [2.05, 4.69) is 30.9 Å². The van der Waals surface area contributed by atoms with Crippen LogP contribution >= 0.6 is 0 Å². The van der Waals surface area contributed by atoms with Crippen LogP contribution in [0.1, 0.15) is 30.9 Å². The van der Waals surface area contributed by atoms with Gasteiger partial charge in [0.25, 0.3) is 0 Å². The third kappa shape index (κ3) is 2.95. The summed E-state index contributed by atoms with van der Waals surface area (Å²) in [5.41, 5.74) is 9.38. The van der Waals surface area contributed by atoms with E-state index in [4.69, 9.17) is 15.2 Å². The molecule has 2 N–H and O–H groups in total. The molecule has 134 valence electrons. The Labute approximate surface area is 154 Å². The predicted octanol–water partition coefficient (Wildman–Crippen LogP) is 3.76. The summed E-state index contributed by atoms with van der Waals surface area (Å²) < 4.78 is 11.3. The second kappa shape index (κ2) is 7.40. The zero-order valence-electron chi connectivity index (χ0n) is 15.3. The molecule has 0 amide bonds. The number of allylic oxidation sites excluding steroid dienone is 1. The van der Waals surface area contributed by atoms with Crippen LogP contribution in [0.3, 0.4) is 0 Å². The van der Waals surface area contributed by atoms with Crippen LogP contribution < -0.4 is 20.1 Å². The van der Waals surface area contributed by atoms with Crippen LogP contribution in [0.2, 0.25) is 0 Å². The lowest BCUT2D eigenvalue weighted by Gasteiger charge is -2.29. The van der Waals surface area contributed by atoms with Crippen LogP contribution in [0.25, 0.3) is 0 Å². The van der Waals surface area contributed by atoms with Crippen molar-refractivity contribution in [3.63, 3.8) is 0 Å². The monoisotopic (exact) mass is 349 g/mol. The van der Waals surface area contributed by atoms with Gasteiger partial charge >= 0.3 is 0 Å². The average Bonchev–Trinajstić information content (AvgIpc) is 2.67. The number of ether oxygens (including phenoxy) is 2. The molecular formula is C21H23N3O2. The molecule has 3 rings (SSSR count). The maximum absolute atomic E-state index is 9.68. The van der Waals surface area contributed by atoms with E-state index in [0.29, 0.717) is 11.3 Å². The molecule has 0 unspecified atom stereocenters. The molecule has 5 nitrogen and oxygen atoms in total. The van der Waals surface area contributed by atoms with E-state index in [1.54, 1.807) is 7.11 Å². The fourth-order valence-corrected chi connectivity index (χ4v) is 3.45. The van der Waals surface area contributed by atoms with E-state index in [9.17, 15) is 5.26 Å². The Bertz CT molecular complexity index is 879. The van der Waals surface area contributed by atoms with Crippen LogP contribution in [0.5, 0.6) is 11.5 Å². The van der Waals surface area contributed by atoms with Gasteiger partial charge in [-0.2, -0.15) is 5.26 Å². The largest absolute Gasteiger partial charge is 0.496 e. The topological polar surface area (TPSA) is 71.5 Å². The Morgan fingerprint density at radius 1 is 1.15 bits per heavy atom. The van der Waals surface area contributed by atoms with Gasteiger partial charge < -0.3 is 20.1 Å². The minimum atomic E-state index is -0.314. The fraction of sp³-hybridized carbons (Fsp3) is 0.286. The quantitative estimate of drug-likeness (QED) is 0.890. The van der Waals surface area contributed by atoms with Gasteiger partial charge in [0.2, 0.25) is 5.88 Å². The number of benzene rings is 2. The van der Waals surface area contributed by atoms with Crippen molar-refractivity contribution in [1.29, 1.82) is 5.26 Å². The van der Waals surface area contributed by atoms with Crippen LogP contribution in [0.4, 0.5) is 5.69 Å². The average molecular weight is 349 g/mol. The lowest BCUT2D eigenvalue weighted by atomic mass is 9.83. The number of methoxy groups -OCH3 is 1. The molecule has 0 spiro atoms. The SMILES string of the molecule is CCN(CC)c1ccc2c(c1)OC(N)=C(C#N)[C@H]2c1ccccc1OC. The van der Waals surface area contributed by atoms with Gasteiger partial charge in [-0.3, -0.25) is 0 Å². The summed E-state index contributed by atoms with van der Waals surface area (Å²) in [5, 5.41) is 9.68. The number of fused-ring (bicyclic) bond motifs is 1. The predicted molar refractivity (Wildman–Crippen MR) is 102 cm³/mol. The maximum atomic E-state index is 9.68. The normalized spacial score (nSPS) is 15.7. The van der Waals surface area contributed by atoms with Crippen molar-refractivity contribution in [2.75, 3.05) is 25.1 Å². The first-order valence-electron chi connectivity index (χ1n) is 8.73. The Morgan fingerprint density at radius 3 is 2.54 bits per heavy atom. The summed E-state index contributed by atoms with van der Waals surface area (Å²) in [4.78, 5) is 2.24. The molecule has 0 saturated heterocycles. The van der Waals surface area contributed by atoms with Crippen LogP contribution in [0.15, 0.2) is 53.9 Å². The zero-order chi connectivity index (χ0) is 18.7. The minimum absolute atomic E-state index is 0.146. The van der Waals surface area contributed by atoms with Crippen LogP contribution in [-0.2, 0) is 0 Å². The van der Waals surface area contributed by atoms with Gasteiger partial charge in [-0.05, 0) is 26.0 Å². The first kappa shape index (κ1) is 17.7. The Hall–Kier alpha value is -3.13. The van der Waals surface area contributed by atoms with E-state index in [0.717, 1.165) is 35.7 Å². The highest BCUT2D eigenvalue weighted by Crippen LogP contribution is 2.45. The molecule has 0 radical (unpaired) electrons. The van der Waals surface area contributed by atoms with Gasteiger partial charge in [0, 0.05) is 36.0 Å². The number of nitrogens with zero attached hydrogens (tertiary/aromatic N) is 2. The van der Waals surface area contributed by atoms with E-state index in [1.807, 2.05) is 36.4 Å². The second-order valence-electron chi connectivity index (χ2n) is 6.06. The number of rotatable bonds is 5. The van der Waals surface area contributed by atoms with Crippen molar-refractivity contribution in [1.82, 2.24) is 0 Å². The summed E-state index contributed by atoms with van der Waals surface area (Å²) in [7, 11) is 1.63. The van der Waals surface area contributed by atoms with Gasteiger partial charge in [-0.1, -0.05) is 24.3 Å². The van der Waals surface area contributed by atoms with Crippen molar-refractivity contribution >= 4 is 5.69 Å². The molecular weight excluding hydrogens is 326 g/mol. The fourth-order valence-electron chi connectivity index (χ4n) is 3.45. The minimum Gasteiger partial charge on any atom is -0.496 e. The van der Waals surface area contributed by atoms with E-state index < -0.39 is 0 Å². The smallest absolute Gasteiger partial charge is 0.205 e. The zero-order valence-corrected chi connectivity index (χ0v) is 15.3. The molecule has 2 aromatic carbocycles. The maximum Gasteiger partial charge on any atom is 0.205 e. The molecule has 0 saturated carbocycles. The van der Waals surface area contributed by atoms with E-state index in [1.165, 1.54) is 0 Å². The summed E-state index contributed by atoms with van der Waals surface area (Å²) >= 11 is 0. The van der Waals surface area contributed by atoms with Crippen molar-refractivity contribution in [2.45, 2.75) is 19.8 Å². The van der Waals surface area contributed by atoms with E-state index in [-0.39, 0.29) is 11.8 Å². The molecule has 1 aliphatic heterocycles. The summed E-state index contributed by atoms with van der Waals surface area (Å²) in [6.45, 7) is 6.03. The second-order valence-corrected chi connectivity index (χ2v) is 6.06. The number of nitrogens with two attached hydrogens (primary N) is 1. The number of para-hydroxylation sites is 1. The van der Waals surface area contributed by atoms with Crippen molar-refractivity contribution in [2.24, 2.45) is 5.73 Å². The molecule has 0 aliphatic carbocycles. The van der Waals surface area contributed by atoms with Crippen LogP contribution in [-0.4, -0.2) is 20.2 Å². The van der Waals surface area contributed by atoms with Crippen LogP contribution in [0, 0.1) is 11.3 Å². The highest BCUT2D eigenvalue weighted by atomic mass is 16.5. The highest BCUT2D eigenvalue weighted by Gasteiger charge is 2.32. The van der Waals surface area contributed by atoms with Gasteiger partial charge in [0.05, 0.1) is 13.0 Å². The first-order chi connectivity index (χ1) is 12.6. The molecule has 0 bridgehead atoms. The first-order valence-corrected chi connectivity index (χ1v) is 8.73. The summed E-state index contributed by atoms with van der Waals surface area (Å²) in [6.07, 6.45) is 0. The van der Waals surface area contributed by atoms with Gasteiger partial charge in [0.1, 0.15) is 23.1 Å². The third-order valence-corrected chi connectivity index (χ3v) is 4.78. The Balaban J connectivity index is 2.17. The number of hydrogen-bond acceptors (Lipinski definition) is 5. The molecule has 1 heterocycles. The summed E-state index contributed by atoms with van der Waals surface area (Å²) in [6, 6.07) is 16.0. The van der Waals surface area contributed by atoms with E-state index >= 15 is 0 Å². The number of hydrogen-bond donors (Lipinski definition) is 1. The standard InChI is InChI=1S/C21H23N3O2/c1-4-24(5-2)14-10-11-16-19(12-14)26-21(23)17(13-22)20(16)15-8-6-7-9-18(15)25-3/h6-12,20H,4-5,23H2,1-3H3/t20-/m0/s1. The number of anilines is 1. The Kier molecular flexibility index (Phi) is 5.04.